The summed E-state index contributed by atoms with van der Waals surface area (Å²) in [4.78, 5) is 30.2. The number of nitrogens with one attached hydrogen (secondary N) is 1. The molecule has 0 aromatic carbocycles. The van der Waals surface area contributed by atoms with E-state index in [1.54, 1.807) is 30.5 Å². The highest BCUT2D eigenvalue weighted by atomic mass is 16.3. The number of furan rings is 1. The van der Waals surface area contributed by atoms with Crippen LogP contribution >= 0.6 is 0 Å². The van der Waals surface area contributed by atoms with Crippen LogP contribution in [0.4, 0.5) is 0 Å². The summed E-state index contributed by atoms with van der Waals surface area (Å²) in [5, 5.41) is 0. The van der Waals surface area contributed by atoms with E-state index in [1.807, 2.05) is 4.90 Å². The van der Waals surface area contributed by atoms with Gasteiger partial charge in [0.15, 0.2) is 0 Å². The van der Waals surface area contributed by atoms with Gasteiger partial charge in [0, 0.05) is 12.1 Å². The fourth-order valence-corrected chi connectivity index (χ4v) is 4.42. The van der Waals surface area contributed by atoms with Crippen LogP contribution in [0.5, 0.6) is 0 Å². The molecule has 1 saturated carbocycles. The Bertz CT molecular complexity index is 793. The van der Waals surface area contributed by atoms with Gasteiger partial charge in [0.2, 0.25) is 0 Å². The normalized spacial score (nSPS) is 26.4. The number of H-pyrrole nitrogens is 1. The van der Waals surface area contributed by atoms with Crippen molar-refractivity contribution in [2.75, 3.05) is 0 Å². The number of carbonyl (C=O) groups is 1. The molecule has 0 spiro atoms. The van der Waals surface area contributed by atoms with E-state index in [-0.39, 0.29) is 23.1 Å². The zero-order valence-electron chi connectivity index (χ0n) is 13.8. The summed E-state index contributed by atoms with van der Waals surface area (Å²) in [6.45, 7) is 2.10. The zero-order chi connectivity index (χ0) is 16.7. The second kappa shape index (κ2) is 5.96. The number of hydrogen-bond acceptors (Lipinski definition) is 3. The molecular weight excluding hydrogens is 304 g/mol. The maximum Gasteiger partial charge on any atom is 0.261 e. The zero-order valence-corrected chi connectivity index (χ0v) is 13.8. The number of carbonyl (C=O) groups excluding carboxylic acids is 1. The Hall–Kier alpha value is -2.30. The van der Waals surface area contributed by atoms with E-state index in [9.17, 15) is 9.59 Å². The van der Waals surface area contributed by atoms with Gasteiger partial charge in [-0.3, -0.25) is 9.59 Å². The first-order chi connectivity index (χ1) is 11.6. The second-order valence-corrected chi connectivity index (χ2v) is 7.00. The molecule has 5 nitrogen and oxygen atoms in total. The van der Waals surface area contributed by atoms with Crippen molar-refractivity contribution in [3.8, 4) is 11.5 Å². The van der Waals surface area contributed by atoms with Gasteiger partial charge in [-0.25, -0.2) is 0 Å². The van der Waals surface area contributed by atoms with E-state index >= 15 is 0 Å². The van der Waals surface area contributed by atoms with Crippen molar-refractivity contribution >= 4 is 5.91 Å². The molecule has 2 aromatic rings. The van der Waals surface area contributed by atoms with Gasteiger partial charge in [0.05, 0.1) is 12.0 Å². The van der Waals surface area contributed by atoms with Gasteiger partial charge in [-0.05, 0) is 56.4 Å². The lowest BCUT2D eigenvalue weighted by Crippen LogP contribution is -2.44. The quantitative estimate of drug-likeness (QED) is 0.919. The van der Waals surface area contributed by atoms with Gasteiger partial charge < -0.3 is 14.3 Å². The van der Waals surface area contributed by atoms with E-state index < -0.39 is 0 Å². The number of aromatic amines is 1. The number of hydrogen-bond donors (Lipinski definition) is 1. The number of likely N-dealkylation sites (tertiary alicyclic amines) is 1. The molecule has 3 unspecified atom stereocenters. The lowest BCUT2D eigenvalue weighted by molar-refractivity contribution is 0.0631. The van der Waals surface area contributed by atoms with Crippen LogP contribution in [-0.4, -0.2) is 27.9 Å². The molecule has 1 N–H and O–H groups in total. The fourth-order valence-electron chi connectivity index (χ4n) is 4.42. The first-order valence-electron chi connectivity index (χ1n) is 8.75. The van der Waals surface area contributed by atoms with Crippen molar-refractivity contribution in [3.05, 3.63) is 46.4 Å². The van der Waals surface area contributed by atoms with E-state index in [4.69, 9.17) is 4.42 Å². The molecule has 1 amide bonds. The molecule has 3 heterocycles. The third kappa shape index (κ3) is 2.48. The molecule has 0 radical (unpaired) electrons. The van der Waals surface area contributed by atoms with E-state index in [0.29, 0.717) is 23.4 Å². The lowest BCUT2D eigenvalue weighted by Gasteiger charge is -2.33. The molecule has 1 saturated heterocycles. The number of nitrogens with zero attached hydrogens (tertiary/aromatic N) is 1. The van der Waals surface area contributed by atoms with Crippen LogP contribution in [0.25, 0.3) is 11.5 Å². The summed E-state index contributed by atoms with van der Waals surface area (Å²) >= 11 is 0. The first kappa shape index (κ1) is 15.2. The second-order valence-electron chi connectivity index (χ2n) is 7.00. The van der Waals surface area contributed by atoms with Crippen molar-refractivity contribution in [1.29, 1.82) is 0 Å². The Kier molecular flexibility index (Phi) is 3.79. The highest BCUT2D eigenvalue weighted by molar-refractivity contribution is 5.94. The minimum absolute atomic E-state index is 0.135. The number of pyridine rings is 1. The third-order valence-corrected chi connectivity index (χ3v) is 5.51. The maximum atomic E-state index is 13.0. The lowest BCUT2D eigenvalue weighted by atomic mass is 9.85. The van der Waals surface area contributed by atoms with Gasteiger partial charge in [0.25, 0.3) is 11.5 Å². The van der Waals surface area contributed by atoms with Gasteiger partial charge in [-0.1, -0.05) is 12.8 Å². The monoisotopic (exact) mass is 326 g/mol. The summed E-state index contributed by atoms with van der Waals surface area (Å²) in [6, 6.07) is 7.42. The average molecular weight is 326 g/mol. The van der Waals surface area contributed by atoms with Crippen LogP contribution in [0.15, 0.2) is 39.7 Å². The summed E-state index contributed by atoms with van der Waals surface area (Å²) in [5.41, 5.74) is 0.468. The summed E-state index contributed by atoms with van der Waals surface area (Å²) in [7, 11) is 0. The Labute approximate surface area is 140 Å². The highest BCUT2D eigenvalue weighted by Crippen LogP contribution is 2.40. The minimum Gasteiger partial charge on any atom is -0.463 e. The Morgan fingerprint density at radius 2 is 2.08 bits per heavy atom. The van der Waals surface area contributed by atoms with E-state index in [0.717, 1.165) is 12.8 Å². The molecule has 1 aliphatic heterocycles. The Balaban J connectivity index is 1.63. The van der Waals surface area contributed by atoms with Gasteiger partial charge >= 0.3 is 0 Å². The van der Waals surface area contributed by atoms with Crippen molar-refractivity contribution < 1.29 is 9.21 Å². The molecule has 1 aliphatic carbocycles. The largest absolute Gasteiger partial charge is 0.463 e. The maximum absolute atomic E-state index is 13.0. The van der Waals surface area contributed by atoms with Gasteiger partial charge in [-0.15, -0.1) is 0 Å². The smallest absolute Gasteiger partial charge is 0.261 e. The van der Waals surface area contributed by atoms with E-state index in [1.165, 1.54) is 19.3 Å². The topological polar surface area (TPSA) is 66.3 Å². The summed E-state index contributed by atoms with van der Waals surface area (Å²) in [6.07, 6.45) is 7.30. The van der Waals surface area contributed by atoms with Crippen molar-refractivity contribution in [2.45, 2.75) is 51.1 Å². The summed E-state index contributed by atoms with van der Waals surface area (Å²) < 4.78 is 5.30. The van der Waals surface area contributed by atoms with Crippen molar-refractivity contribution in [2.24, 2.45) is 5.92 Å². The van der Waals surface area contributed by atoms with Crippen LogP contribution in [0.1, 0.15) is 49.4 Å². The number of amides is 1. The molecular formula is C19H22N2O3. The molecule has 2 fully saturated rings. The van der Waals surface area contributed by atoms with Gasteiger partial charge in [-0.2, -0.15) is 0 Å². The SMILES string of the molecule is CC1CC2CCCCC2N1C(=O)c1ccc(-c2ccco2)[nH]c1=O. The standard InChI is InChI=1S/C19H22N2O3/c1-12-11-13-5-2-3-6-16(13)21(12)19(23)14-8-9-15(20-18(14)22)17-7-4-10-24-17/h4,7-10,12-13,16H,2-3,5-6,11H2,1H3,(H,20,22). The number of fused-ring (bicyclic) bond motifs is 1. The van der Waals surface area contributed by atoms with Crippen LogP contribution in [0, 0.1) is 5.92 Å². The molecule has 0 bridgehead atoms. The molecule has 4 rings (SSSR count). The molecule has 126 valence electrons. The number of rotatable bonds is 2. The fraction of sp³-hybridized carbons (Fsp3) is 0.474. The summed E-state index contributed by atoms with van der Waals surface area (Å²) in [5.74, 6) is 1.05. The molecule has 2 aliphatic rings. The van der Waals surface area contributed by atoms with Crippen LogP contribution < -0.4 is 5.56 Å². The molecule has 24 heavy (non-hydrogen) atoms. The van der Waals surface area contributed by atoms with Crippen LogP contribution in [0.2, 0.25) is 0 Å². The average Bonchev–Trinajstić information content (AvgIpc) is 3.21. The predicted molar refractivity (Wildman–Crippen MR) is 90.8 cm³/mol. The molecule has 2 aromatic heterocycles. The number of aromatic nitrogens is 1. The highest BCUT2D eigenvalue weighted by Gasteiger charge is 2.43. The van der Waals surface area contributed by atoms with Crippen LogP contribution in [0.3, 0.4) is 0 Å². The third-order valence-electron chi connectivity index (χ3n) is 5.51. The first-order valence-corrected chi connectivity index (χ1v) is 8.75. The Morgan fingerprint density at radius 1 is 1.25 bits per heavy atom. The minimum atomic E-state index is -0.347. The predicted octanol–water partition coefficient (Wildman–Crippen LogP) is 3.43. The Morgan fingerprint density at radius 3 is 2.83 bits per heavy atom. The van der Waals surface area contributed by atoms with E-state index in [2.05, 4.69) is 11.9 Å². The van der Waals surface area contributed by atoms with Crippen molar-refractivity contribution in [3.63, 3.8) is 0 Å². The van der Waals surface area contributed by atoms with Crippen molar-refractivity contribution in [1.82, 2.24) is 9.88 Å². The van der Waals surface area contributed by atoms with Crippen LogP contribution in [-0.2, 0) is 0 Å². The van der Waals surface area contributed by atoms with Gasteiger partial charge in [0.1, 0.15) is 11.3 Å². The molecule has 5 heteroatoms. The molecule has 3 atom stereocenters.